The summed E-state index contributed by atoms with van der Waals surface area (Å²) in [6, 6.07) is 8.67. The Labute approximate surface area is 165 Å². The Morgan fingerprint density at radius 2 is 2.00 bits per heavy atom. The third kappa shape index (κ3) is 4.78. The molecule has 3 aromatic rings. The van der Waals surface area contributed by atoms with Gasteiger partial charge in [-0.3, -0.25) is 4.31 Å². The van der Waals surface area contributed by atoms with Crippen LogP contribution in [0, 0.1) is 5.82 Å². The fraction of sp³-hybridized carbons (Fsp3) is 0.167. The van der Waals surface area contributed by atoms with Crippen molar-refractivity contribution in [2.45, 2.75) is 11.4 Å². The Morgan fingerprint density at radius 3 is 2.67 bits per heavy atom. The minimum absolute atomic E-state index is 0.162. The van der Waals surface area contributed by atoms with Gasteiger partial charge < -0.3 is 9.47 Å². The Balaban J connectivity index is 1.92. The van der Waals surface area contributed by atoms with E-state index in [0.29, 0.717) is 28.8 Å². The van der Waals surface area contributed by atoms with Crippen molar-refractivity contribution in [1.82, 2.24) is 15.0 Å². The molecule has 9 heteroatoms. The van der Waals surface area contributed by atoms with Crippen molar-refractivity contribution in [2.75, 3.05) is 18.5 Å². The fourth-order valence-corrected chi connectivity index (χ4v) is 3.33. The summed E-state index contributed by atoms with van der Waals surface area (Å²) in [6.07, 6.45) is 4.60. The van der Waals surface area contributed by atoms with Crippen LogP contribution in [-0.2, 0) is 6.54 Å². The average Bonchev–Trinajstić information content (AvgIpc) is 2.71. The highest BCUT2D eigenvalue weighted by Gasteiger charge is 2.16. The van der Waals surface area contributed by atoms with Gasteiger partial charge in [-0.25, -0.2) is 19.3 Å². The number of hydrogen-bond acceptors (Lipinski definition) is 7. The van der Waals surface area contributed by atoms with E-state index in [9.17, 15) is 4.39 Å². The van der Waals surface area contributed by atoms with Gasteiger partial charge in [0.25, 0.3) is 0 Å². The lowest BCUT2D eigenvalue weighted by molar-refractivity contribution is 0.391. The molecule has 0 aliphatic rings. The van der Waals surface area contributed by atoms with E-state index in [1.807, 2.05) is 22.5 Å². The summed E-state index contributed by atoms with van der Waals surface area (Å²) in [7, 11) is 3.19. The van der Waals surface area contributed by atoms with Gasteiger partial charge in [-0.2, -0.15) is 0 Å². The minimum atomic E-state index is -0.577. The standard InChI is InChI=1S/C18H16ClFN4O2S/c1-25-13-4-3-12(16(7-13)26-2)10-24(17-5-6-21-11-23-17)27-14-8-15(20)18(19)22-9-14/h3-9,11H,10H2,1-2H3. The number of methoxy groups -OCH3 is 2. The largest absolute Gasteiger partial charge is 0.497 e. The molecule has 0 spiro atoms. The second-order valence-corrected chi connectivity index (χ2v) is 6.77. The number of halogens is 2. The average molecular weight is 407 g/mol. The number of benzene rings is 1. The quantitative estimate of drug-likeness (QED) is 0.425. The summed E-state index contributed by atoms with van der Waals surface area (Å²) in [5.74, 6) is 1.45. The summed E-state index contributed by atoms with van der Waals surface area (Å²) in [6.45, 7) is 0.444. The van der Waals surface area contributed by atoms with E-state index in [0.717, 1.165) is 5.56 Å². The first-order chi connectivity index (χ1) is 13.1. The van der Waals surface area contributed by atoms with Crippen molar-refractivity contribution in [3.05, 3.63) is 65.6 Å². The molecule has 1 aromatic carbocycles. The SMILES string of the molecule is COc1ccc(CN(Sc2cnc(Cl)c(F)c2)c2ccncn2)c(OC)c1. The molecule has 0 unspecified atom stereocenters. The number of ether oxygens (including phenoxy) is 2. The second kappa shape index (κ2) is 8.88. The zero-order valence-corrected chi connectivity index (χ0v) is 16.2. The maximum absolute atomic E-state index is 13.8. The number of nitrogens with zero attached hydrogens (tertiary/aromatic N) is 4. The van der Waals surface area contributed by atoms with Crippen molar-refractivity contribution < 1.29 is 13.9 Å². The Kier molecular flexibility index (Phi) is 6.31. The molecule has 0 aliphatic carbocycles. The van der Waals surface area contributed by atoms with Crippen LogP contribution in [0.15, 0.2) is 53.9 Å². The topological polar surface area (TPSA) is 60.4 Å². The van der Waals surface area contributed by atoms with Crippen LogP contribution < -0.4 is 13.8 Å². The van der Waals surface area contributed by atoms with Crippen LogP contribution in [0.25, 0.3) is 0 Å². The molecule has 0 aliphatic heterocycles. The lowest BCUT2D eigenvalue weighted by atomic mass is 10.2. The van der Waals surface area contributed by atoms with Gasteiger partial charge >= 0.3 is 0 Å². The molecular weight excluding hydrogens is 391 g/mol. The van der Waals surface area contributed by atoms with Crippen LogP contribution in [-0.4, -0.2) is 29.2 Å². The van der Waals surface area contributed by atoms with Gasteiger partial charge in [-0.15, -0.1) is 0 Å². The number of anilines is 1. The van der Waals surface area contributed by atoms with E-state index in [1.54, 1.807) is 26.5 Å². The van der Waals surface area contributed by atoms with Gasteiger partial charge in [0.2, 0.25) is 0 Å². The van der Waals surface area contributed by atoms with E-state index in [2.05, 4.69) is 15.0 Å². The predicted octanol–water partition coefficient (Wildman–Crippen LogP) is 4.40. The van der Waals surface area contributed by atoms with Crippen LogP contribution in [0.2, 0.25) is 5.15 Å². The van der Waals surface area contributed by atoms with E-state index < -0.39 is 5.82 Å². The molecule has 27 heavy (non-hydrogen) atoms. The molecule has 0 atom stereocenters. The monoisotopic (exact) mass is 406 g/mol. The van der Waals surface area contributed by atoms with E-state index >= 15 is 0 Å². The van der Waals surface area contributed by atoms with Crippen LogP contribution in [0.3, 0.4) is 0 Å². The van der Waals surface area contributed by atoms with E-state index in [1.165, 1.54) is 30.5 Å². The summed E-state index contributed by atoms with van der Waals surface area (Å²) in [5, 5.41) is -0.162. The molecule has 0 N–H and O–H groups in total. The smallest absolute Gasteiger partial charge is 0.164 e. The van der Waals surface area contributed by atoms with Crippen LogP contribution in [0.4, 0.5) is 10.2 Å². The lowest BCUT2D eigenvalue weighted by Crippen LogP contribution is -2.16. The summed E-state index contributed by atoms with van der Waals surface area (Å²) in [4.78, 5) is 12.7. The highest BCUT2D eigenvalue weighted by atomic mass is 35.5. The van der Waals surface area contributed by atoms with E-state index in [4.69, 9.17) is 21.1 Å². The van der Waals surface area contributed by atoms with Gasteiger partial charge in [0, 0.05) is 24.0 Å². The molecule has 0 radical (unpaired) electrons. The van der Waals surface area contributed by atoms with Gasteiger partial charge in [0.05, 0.1) is 25.7 Å². The fourth-order valence-electron chi connectivity index (χ4n) is 2.31. The zero-order chi connectivity index (χ0) is 19.2. The molecule has 0 fully saturated rings. The molecule has 2 aromatic heterocycles. The van der Waals surface area contributed by atoms with Crippen LogP contribution in [0.1, 0.15) is 5.56 Å². The molecule has 0 bridgehead atoms. The molecular formula is C18H16ClFN4O2S. The van der Waals surface area contributed by atoms with Gasteiger partial charge in [0.15, 0.2) is 11.0 Å². The van der Waals surface area contributed by atoms with Crippen molar-refractivity contribution in [2.24, 2.45) is 0 Å². The van der Waals surface area contributed by atoms with Gasteiger partial charge in [-0.05, 0) is 36.2 Å². The molecule has 0 amide bonds. The number of pyridine rings is 1. The summed E-state index contributed by atoms with van der Waals surface area (Å²) in [5.41, 5.74) is 0.909. The highest BCUT2D eigenvalue weighted by Crippen LogP contribution is 2.33. The Bertz CT molecular complexity index is 917. The van der Waals surface area contributed by atoms with Crippen LogP contribution in [0.5, 0.6) is 11.5 Å². The van der Waals surface area contributed by atoms with Crippen LogP contribution >= 0.6 is 23.5 Å². The normalized spacial score (nSPS) is 10.5. The Hall–Kier alpha value is -2.58. The third-order valence-electron chi connectivity index (χ3n) is 3.62. The summed E-state index contributed by atoms with van der Waals surface area (Å²) >= 11 is 6.96. The zero-order valence-electron chi connectivity index (χ0n) is 14.6. The van der Waals surface area contributed by atoms with Crippen molar-refractivity contribution in [1.29, 1.82) is 0 Å². The maximum Gasteiger partial charge on any atom is 0.164 e. The number of rotatable bonds is 7. The first-order valence-corrected chi connectivity index (χ1v) is 8.99. The summed E-state index contributed by atoms with van der Waals surface area (Å²) < 4.78 is 26.4. The molecule has 140 valence electrons. The third-order valence-corrected chi connectivity index (χ3v) is 4.87. The highest BCUT2D eigenvalue weighted by molar-refractivity contribution is 8.00. The molecule has 6 nitrogen and oxygen atoms in total. The molecule has 0 saturated heterocycles. The molecule has 3 rings (SSSR count). The molecule has 2 heterocycles. The predicted molar refractivity (Wildman–Crippen MR) is 103 cm³/mol. The number of aromatic nitrogens is 3. The van der Waals surface area contributed by atoms with Gasteiger partial charge in [0.1, 0.15) is 23.6 Å². The Morgan fingerprint density at radius 1 is 1.15 bits per heavy atom. The maximum atomic E-state index is 13.8. The lowest BCUT2D eigenvalue weighted by Gasteiger charge is -2.23. The van der Waals surface area contributed by atoms with Crippen molar-refractivity contribution in [3.63, 3.8) is 0 Å². The van der Waals surface area contributed by atoms with Crippen molar-refractivity contribution >= 4 is 29.4 Å². The number of hydrogen-bond donors (Lipinski definition) is 0. The second-order valence-electron chi connectivity index (χ2n) is 5.32. The first kappa shape index (κ1) is 19.2. The first-order valence-electron chi connectivity index (χ1n) is 7.84. The van der Waals surface area contributed by atoms with E-state index in [-0.39, 0.29) is 5.15 Å². The van der Waals surface area contributed by atoms with Gasteiger partial charge in [-0.1, -0.05) is 11.6 Å². The molecule has 0 saturated carbocycles. The van der Waals surface area contributed by atoms with Crippen molar-refractivity contribution in [3.8, 4) is 11.5 Å². The minimum Gasteiger partial charge on any atom is -0.497 e.